The van der Waals surface area contributed by atoms with Crippen LogP contribution < -0.4 is 10.2 Å². The molecule has 27 heavy (non-hydrogen) atoms. The maximum Gasteiger partial charge on any atom is 0.265 e. The molecule has 1 amide bonds. The molecule has 0 saturated carbocycles. The van der Waals surface area contributed by atoms with E-state index in [1.807, 2.05) is 35.9 Å². The van der Waals surface area contributed by atoms with Gasteiger partial charge in [0.1, 0.15) is 4.83 Å². The van der Waals surface area contributed by atoms with Gasteiger partial charge in [-0.15, -0.1) is 11.3 Å². The molecule has 0 bridgehead atoms. The van der Waals surface area contributed by atoms with E-state index in [1.54, 1.807) is 17.7 Å². The van der Waals surface area contributed by atoms with Crippen LogP contribution in [0.25, 0.3) is 20.6 Å². The molecule has 138 valence electrons. The van der Waals surface area contributed by atoms with Crippen LogP contribution in [0.1, 0.15) is 9.67 Å². The van der Waals surface area contributed by atoms with Crippen molar-refractivity contribution < 1.29 is 9.53 Å². The number of nitrogens with zero attached hydrogens (tertiary/aromatic N) is 4. The van der Waals surface area contributed by atoms with Crippen molar-refractivity contribution in [3.63, 3.8) is 0 Å². The minimum absolute atomic E-state index is 0.117. The number of aromatic nitrogens is 3. The highest BCUT2D eigenvalue weighted by atomic mass is 32.1. The molecule has 1 aliphatic rings. The van der Waals surface area contributed by atoms with Gasteiger partial charge in [-0.25, -0.2) is 9.97 Å². The Morgan fingerprint density at radius 2 is 2.07 bits per heavy atom. The molecular formula is C18H17N5O2S2. The number of thiazole rings is 1. The van der Waals surface area contributed by atoms with Crippen molar-refractivity contribution in [3.05, 3.63) is 35.5 Å². The number of morpholine rings is 1. The van der Waals surface area contributed by atoms with Crippen molar-refractivity contribution in [2.24, 2.45) is 7.05 Å². The lowest BCUT2D eigenvalue weighted by atomic mass is 10.2. The molecule has 1 saturated heterocycles. The fraction of sp³-hybridized carbons (Fsp3) is 0.278. The zero-order valence-electron chi connectivity index (χ0n) is 14.6. The lowest BCUT2D eigenvalue weighted by Gasteiger charge is -2.25. The molecule has 4 heterocycles. The van der Waals surface area contributed by atoms with E-state index in [9.17, 15) is 4.79 Å². The summed E-state index contributed by atoms with van der Waals surface area (Å²) >= 11 is 3.06. The molecule has 0 unspecified atom stereocenters. The fourth-order valence-electron chi connectivity index (χ4n) is 3.13. The van der Waals surface area contributed by atoms with Gasteiger partial charge < -0.3 is 19.5 Å². The van der Waals surface area contributed by atoms with Crippen LogP contribution in [0.4, 0.5) is 10.8 Å². The van der Waals surface area contributed by atoms with Crippen molar-refractivity contribution >= 4 is 60.0 Å². The highest BCUT2D eigenvalue weighted by molar-refractivity contribution is 7.29. The Hall–Kier alpha value is -2.49. The van der Waals surface area contributed by atoms with Crippen molar-refractivity contribution in [3.8, 4) is 0 Å². The molecule has 9 heteroatoms. The van der Waals surface area contributed by atoms with Crippen molar-refractivity contribution in [1.82, 2.24) is 14.5 Å². The average Bonchev–Trinajstić information content (AvgIpc) is 3.36. The number of hydrogen-bond donors (Lipinski definition) is 1. The van der Waals surface area contributed by atoms with Crippen LogP contribution in [0.2, 0.25) is 0 Å². The lowest BCUT2D eigenvalue weighted by molar-refractivity contribution is 0.103. The number of nitrogens with one attached hydrogen (secondary N) is 1. The summed E-state index contributed by atoms with van der Waals surface area (Å²) in [6, 6.07) is 7.67. The van der Waals surface area contributed by atoms with Gasteiger partial charge >= 0.3 is 0 Å². The van der Waals surface area contributed by atoms with Gasteiger partial charge in [0.2, 0.25) is 0 Å². The van der Waals surface area contributed by atoms with Gasteiger partial charge in [-0.3, -0.25) is 4.79 Å². The van der Waals surface area contributed by atoms with Crippen LogP contribution in [0.5, 0.6) is 0 Å². The van der Waals surface area contributed by atoms with Crippen molar-refractivity contribution in [2.45, 2.75) is 0 Å². The second-order valence-electron chi connectivity index (χ2n) is 6.39. The number of aryl methyl sites for hydroxylation is 1. The van der Waals surface area contributed by atoms with Gasteiger partial charge in [-0.1, -0.05) is 11.3 Å². The van der Waals surface area contributed by atoms with E-state index in [0.717, 1.165) is 57.7 Å². The molecule has 5 rings (SSSR count). The van der Waals surface area contributed by atoms with Crippen LogP contribution in [-0.2, 0) is 11.8 Å². The molecule has 1 fully saturated rings. The summed E-state index contributed by atoms with van der Waals surface area (Å²) in [6.45, 7) is 3.21. The summed E-state index contributed by atoms with van der Waals surface area (Å²) in [5.74, 6) is -0.117. The maximum absolute atomic E-state index is 12.6. The summed E-state index contributed by atoms with van der Waals surface area (Å²) in [5.41, 5.74) is 2.63. The Kier molecular flexibility index (Phi) is 4.07. The molecule has 1 N–H and O–H groups in total. The number of fused-ring (bicyclic) bond motifs is 2. The standard InChI is InChI=1S/C18H17N5O2S2/c1-22-10-19-12-8-11(2-3-13(12)22)20-16(24)14-9-15-17(26-14)21-18(27-15)23-4-6-25-7-5-23/h2-3,8-10H,4-7H2,1H3,(H,20,24). The van der Waals surface area contributed by atoms with Crippen molar-refractivity contribution in [2.75, 3.05) is 36.5 Å². The minimum atomic E-state index is -0.117. The zero-order valence-corrected chi connectivity index (χ0v) is 16.3. The molecule has 0 spiro atoms. The van der Waals surface area contributed by atoms with Gasteiger partial charge in [0, 0.05) is 25.8 Å². The SMILES string of the molecule is Cn1cnc2cc(NC(=O)c3cc4sc(N5CCOCC5)nc4s3)ccc21. The molecule has 0 aliphatic carbocycles. The Bertz CT molecular complexity index is 1110. The molecule has 1 aliphatic heterocycles. The molecule has 4 aromatic rings. The van der Waals surface area contributed by atoms with Gasteiger partial charge in [0.25, 0.3) is 5.91 Å². The van der Waals surface area contributed by atoms with E-state index < -0.39 is 0 Å². The molecular weight excluding hydrogens is 382 g/mol. The van der Waals surface area contributed by atoms with E-state index in [0.29, 0.717) is 4.88 Å². The number of hydrogen-bond acceptors (Lipinski definition) is 7. The quantitative estimate of drug-likeness (QED) is 0.572. The third-order valence-electron chi connectivity index (χ3n) is 4.57. The van der Waals surface area contributed by atoms with E-state index in [-0.39, 0.29) is 5.91 Å². The second kappa shape index (κ2) is 6.59. The van der Waals surface area contributed by atoms with Crippen LogP contribution in [0.15, 0.2) is 30.6 Å². The predicted octanol–water partition coefficient (Wildman–Crippen LogP) is 3.33. The number of benzene rings is 1. The first kappa shape index (κ1) is 16.7. The summed E-state index contributed by atoms with van der Waals surface area (Å²) in [5, 5.41) is 3.97. The van der Waals surface area contributed by atoms with E-state index in [2.05, 4.69) is 15.2 Å². The zero-order chi connectivity index (χ0) is 18.4. The van der Waals surface area contributed by atoms with Gasteiger partial charge in [0.05, 0.1) is 40.2 Å². The van der Waals surface area contributed by atoms with Crippen LogP contribution in [-0.4, -0.2) is 46.7 Å². The van der Waals surface area contributed by atoms with E-state index in [4.69, 9.17) is 9.72 Å². The van der Waals surface area contributed by atoms with Gasteiger partial charge in [-0.05, 0) is 24.3 Å². The summed E-state index contributed by atoms with van der Waals surface area (Å²) < 4.78 is 8.39. The summed E-state index contributed by atoms with van der Waals surface area (Å²) in [4.78, 5) is 25.5. The highest BCUT2D eigenvalue weighted by Crippen LogP contribution is 2.35. The van der Waals surface area contributed by atoms with Crippen LogP contribution >= 0.6 is 22.7 Å². The number of anilines is 2. The Balaban J connectivity index is 1.35. The molecule has 0 atom stereocenters. The summed E-state index contributed by atoms with van der Waals surface area (Å²) in [6.07, 6.45) is 1.77. The minimum Gasteiger partial charge on any atom is -0.378 e. The number of carbonyl (C=O) groups is 1. The maximum atomic E-state index is 12.6. The molecule has 7 nitrogen and oxygen atoms in total. The number of carbonyl (C=O) groups excluding carboxylic acids is 1. The number of ether oxygens (including phenoxy) is 1. The monoisotopic (exact) mass is 399 g/mol. The number of rotatable bonds is 3. The fourth-order valence-corrected chi connectivity index (χ4v) is 5.29. The largest absolute Gasteiger partial charge is 0.378 e. The van der Waals surface area contributed by atoms with Gasteiger partial charge in [0.15, 0.2) is 5.13 Å². The van der Waals surface area contributed by atoms with Gasteiger partial charge in [-0.2, -0.15) is 0 Å². The number of thiophene rings is 1. The lowest BCUT2D eigenvalue weighted by Crippen LogP contribution is -2.36. The van der Waals surface area contributed by atoms with Crippen LogP contribution in [0, 0.1) is 0 Å². The third-order valence-corrected chi connectivity index (χ3v) is 6.79. The van der Waals surface area contributed by atoms with Crippen molar-refractivity contribution in [1.29, 1.82) is 0 Å². The smallest absolute Gasteiger partial charge is 0.265 e. The Morgan fingerprint density at radius 3 is 2.89 bits per heavy atom. The normalized spacial score (nSPS) is 14.9. The first-order valence-electron chi connectivity index (χ1n) is 8.63. The van der Waals surface area contributed by atoms with E-state index in [1.165, 1.54) is 11.3 Å². The summed E-state index contributed by atoms with van der Waals surface area (Å²) in [7, 11) is 1.95. The second-order valence-corrected chi connectivity index (χ2v) is 8.43. The number of imidazole rings is 1. The molecule has 3 aromatic heterocycles. The highest BCUT2D eigenvalue weighted by Gasteiger charge is 2.19. The Morgan fingerprint density at radius 1 is 1.22 bits per heavy atom. The molecule has 0 radical (unpaired) electrons. The average molecular weight is 400 g/mol. The molecule has 1 aromatic carbocycles. The van der Waals surface area contributed by atoms with Crippen LogP contribution in [0.3, 0.4) is 0 Å². The third kappa shape index (κ3) is 3.07. The first-order chi connectivity index (χ1) is 13.2. The topological polar surface area (TPSA) is 72.3 Å². The Labute approximate surface area is 163 Å². The first-order valence-corrected chi connectivity index (χ1v) is 10.3. The number of amides is 1. The van der Waals surface area contributed by atoms with E-state index >= 15 is 0 Å². The predicted molar refractivity (Wildman–Crippen MR) is 109 cm³/mol.